The lowest BCUT2D eigenvalue weighted by Crippen LogP contribution is -2.22. The van der Waals surface area contributed by atoms with Crippen molar-refractivity contribution in [1.82, 2.24) is 10.2 Å². The summed E-state index contributed by atoms with van der Waals surface area (Å²) in [7, 11) is 0. The highest BCUT2D eigenvalue weighted by atomic mass is 35.5. The van der Waals surface area contributed by atoms with Crippen LogP contribution in [0.25, 0.3) is 0 Å². The van der Waals surface area contributed by atoms with Gasteiger partial charge in [-0.15, -0.1) is 22.0 Å². The lowest BCUT2D eigenvalue weighted by molar-refractivity contribution is -0.137. The van der Waals surface area contributed by atoms with Gasteiger partial charge in [-0.3, -0.25) is 4.79 Å². The number of carboxylic acids is 1. The normalized spacial score (nSPS) is 13.1. The second-order valence-electron chi connectivity index (χ2n) is 3.26. The summed E-state index contributed by atoms with van der Waals surface area (Å²) in [4.78, 5) is 10.9. The lowest BCUT2D eigenvalue weighted by atomic mass is 10.1. The summed E-state index contributed by atoms with van der Waals surface area (Å²) in [6.45, 7) is 3.78. The van der Waals surface area contributed by atoms with Crippen molar-refractivity contribution in [2.75, 3.05) is 0 Å². The van der Waals surface area contributed by atoms with Crippen LogP contribution in [-0.2, 0) is 10.5 Å². The molecule has 15 heavy (non-hydrogen) atoms. The van der Waals surface area contributed by atoms with E-state index >= 15 is 0 Å². The summed E-state index contributed by atoms with van der Waals surface area (Å²) in [6.07, 6.45) is 0. The van der Waals surface area contributed by atoms with Crippen LogP contribution in [0.15, 0.2) is 0 Å². The first-order valence-corrected chi connectivity index (χ1v) is 6.57. The molecule has 1 unspecified atom stereocenters. The molecule has 7 heteroatoms. The van der Waals surface area contributed by atoms with Crippen molar-refractivity contribution in [1.29, 1.82) is 0 Å². The average molecular weight is 267 g/mol. The minimum atomic E-state index is -0.786. The van der Waals surface area contributed by atoms with E-state index in [4.69, 9.17) is 16.7 Å². The molecule has 0 fully saturated rings. The van der Waals surface area contributed by atoms with Crippen LogP contribution in [0.1, 0.15) is 18.9 Å². The monoisotopic (exact) mass is 266 g/mol. The third-order valence-electron chi connectivity index (χ3n) is 1.68. The van der Waals surface area contributed by atoms with Gasteiger partial charge in [0.1, 0.15) is 10.3 Å². The zero-order valence-corrected chi connectivity index (χ0v) is 10.7. The Hall–Kier alpha value is -0.330. The third kappa shape index (κ3) is 3.96. The van der Waals surface area contributed by atoms with Crippen molar-refractivity contribution < 1.29 is 9.90 Å². The maximum Gasteiger partial charge on any atom is 0.316 e. The van der Waals surface area contributed by atoms with Crippen LogP contribution < -0.4 is 0 Å². The summed E-state index contributed by atoms with van der Waals surface area (Å²) in [6, 6.07) is 0. The van der Waals surface area contributed by atoms with E-state index in [1.165, 1.54) is 23.1 Å². The summed E-state index contributed by atoms with van der Waals surface area (Å²) >= 11 is 8.26. The van der Waals surface area contributed by atoms with E-state index in [1.807, 2.05) is 13.8 Å². The maximum absolute atomic E-state index is 10.9. The van der Waals surface area contributed by atoms with E-state index in [0.29, 0.717) is 10.2 Å². The molecule has 0 saturated heterocycles. The van der Waals surface area contributed by atoms with E-state index in [9.17, 15) is 4.79 Å². The minimum Gasteiger partial charge on any atom is -0.480 e. The van der Waals surface area contributed by atoms with E-state index < -0.39 is 11.2 Å². The van der Waals surface area contributed by atoms with Gasteiger partial charge in [-0.2, -0.15) is 0 Å². The minimum absolute atomic E-state index is 0.0934. The predicted octanol–water partition coefficient (Wildman–Crippen LogP) is 2.53. The predicted molar refractivity (Wildman–Crippen MR) is 62.5 cm³/mol. The van der Waals surface area contributed by atoms with Crippen LogP contribution in [0.4, 0.5) is 0 Å². The molecule has 1 aromatic heterocycles. The number of carboxylic acid groups (broad SMARTS) is 1. The van der Waals surface area contributed by atoms with Gasteiger partial charge in [0.05, 0.1) is 0 Å². The Balaban J connectivity index is 2.50. The van der Waals surface area contributed by atoms with Gasteiger partial charge in [0, 0.05) is 5.75 Å². The average Bonchev–Trinajstić information content (AvgIpc) is 2.50. The van der Waals surface area contributed by atoms with Crippen molar-refractivity contribution in [3.63, 3.8) is 0 Å². The molecule has 4 nitrogen and oxygen atoms in total. The number of halogens is 1. The molecular weight excluding hydrogens is 256 g/mol. The van der Waals surface area contributed by atoms with Gasteiger partial charge in [-0.25, -0.2) is 0 Å². The van der Waals surface area contributed by atoms with E-state index in [2.05, 4.69) is 10.2 Å². The first kappa shape index (κ1) is 12.7. The third-order valence-corrected chi connectivity index (χ3v) is 4.42. The van der Waals surface area contributed by atoms with Crippen molar-refractivity contribution in [3.05, 3.63) is 9.47 Å². The number of nitrogens with zero attached hydrogens (tertiary/aromatic N) is 2. The molecule has 0 aliphatic heterocycles. The standard InChI is InChI=1S/C8H11ClN2O2S2/c1-4(2)6(7(12)13)14-3-5-10-11-8(9)15-5/h4,6H,3H2,1-2H3,(H,12,13). The topological polar surface area (TPSA) is 63.1 Å². The summed E-state index contributed by atoms with van der Waals surface area (Å²) in [5.41, 5.74) is 0. The molecule has 1 rings (SSSR count). The second kappa shape index (κ2) is 5.67. The Bertz CT molecular complexity index is 343. The van der Waals surface area contributed by atoms with Crippen molar-refractivity contribution in [2.45, 2.75) is 24.9 Å². The van der Waals surface area contributed by atoms with Crippen LogP contribution in [0.3, 0.4) is 0 Å². The van der Waals surface area contributed by atoms with Gasteiger partial charge in [-0.05, 0) is 17.5 Å². The maximum atomic E-state index is 10.9. The molecule has 0 spiro atoms. The highest BCUT2D eigenvalue weighted by Gasteiger charge is 2.22. The van der Waals surface area contributed by atoms with Crippen molar-refractivity contribution >= 4 is 40.7 Å². The van der Waals surface area contributed by atoms with Crippen molar-refractivity contribution in [3.8, 4) is 0 Å². The molecule has 1 N–H and O–H groups in total. The molecule has 0 amide bonds. The first-order valence-electron chi connectivity index (χ1n) is 4.33. The fourth-order valence-electron chi connectivity index (χ4n) is 1.00. The zero-order valence-electron chi connectivity index (χ0n) is 8.31. The summed E-state index contributed by atoms with van der Waals surface area (Å²) in [5, 5.41) is 16.8. The molecule has 0 aromatic carbocycles. The number of aromatic nitrogens is 2. The smallest absolute Gasteiger partial charge is 0.316 e. The van der Waals surface area contributed by atoms with E-state index in [1.54, 1.807) is 0 Å². The van der Waals surface area contributed by atoms with Gasteiger partial charge in [0.25, 0.3) is 0 Å². The number of hydrogen-bond acceptors (Lipinski definition) is 5. The molecule has 0 saturated carbocycles. The Morgan fingerprint density at radius 1 is 1.60 bits per heavy atom. The van der Waals surface area contributed by atoms with Gasteiger partial charge in [0.2, 0.25) is 4.47 Å². The SMILES string of the molecule is CC(C)C(SCc1nnc(Cl)s1)C(=O)O. The van der Waals surface area contributed by atoms with Crippen LogP contribution in [-0.4, -0.2) is 26.5 Å². The fraction of sp³-hybridized carbons (Fsp3) is 0.625. The molecule has 1 heterocycles. The highest BCUT2D eigenvalue weighted by molar-refractivity contribution is 7.99. The molecule has 0 aliphatic rings. The number of thioether (sulfide) groups is 1. The number of hydrogen-bond donors (Lipinski definition) is 1. The molecule has 0 radical (unpaired) electrons. The molecular formula is C8H11ClN2O2S2. The van der Waals surface area contributed by atoms with E-state index in [0.717, 1.165) is 5.01 Å². The Kier molecular flexibility index (Phi) is 4.82. The van der Waals surface area contributed by atoms with Crippen LogP contribution >= 0.6 is 34.7 Å². The Morgan fingerprint density at radius 3 is 2.67 bits per heavy atom. The van der Waals surface area contributed by atoms with E-state index in [-0.39, 0.29) is 5.92 Å². The van der Waals surface area contributed by atoms with Crippen LogP contribution in [0.2, 0.25) is 4.47 Å². The number of rotatable bonds is 5. The number of aliphatic carboxylic acids is 1. The van der Waals surface area contributed by atoms with Gasteiger partial charge >= 0.3 is 5.97 Å². The number of carbonyl (C=O) groups is 1. The molecule has 1 aromatic rings. The van der Waals surface area contributed by atoms with Crippen LogP contribution in [0, 0.1) is 5.92 Å². The molecule has 84 valence electrons. The summed E-state index contributed by atoms with van der Waals surface area (Å²) in [5.74, 6) is -0.152. The van der Waals surface area contributed by atoms with Gasteiger partial charge < -0.3 is 5.11 Å². The molecule has 0 aliphatic carbocycles. The Labute approximate surface area is 101 Å². The Morgan fingerprint density at radius 2 is 2.27 bits per heavy atom. The molecule has 0 bridgehead atoms. The lowest BCUT2D eigenvalue weighted by Gasteiger charge is -2.14. The van der Waals surface area contributed by atoms with Crippen LogP contribution in [0.5, 0.6) is 0 Å². The first-order chi connectivity index (χ1) is 7.00. The quantitative estimate of drug-likeness (QED) is 0.887. The van der Waals surface area contributed by atoms with Gasteiger partial charge in [-0.1, -0.05) is 25.2 Å². The van der Waals surface area contributed by atoms with Gasteiger partial charge in [0.15, 0.2) is 0 Å². The largest absolute Gasteiger partial charge is 0.480 e. The second-order valence-corrected chi connectivity index (χ2v) is 6.04. The fourth-order valence-corrected chi connectivity index (χ4v) is 3.01. The van der Waals surface area contributed by atoms with Crippen molar-refractivity contribution in [2.24, 2.45) is 5.92 Å². The summed E-state index contributed by atoms with van der Waals surface area (Å²) < 4.78 is 0.391. The highest BCUT2D eigenvalue weighted by Crippen LogP contribution is 2.26. The zero-order chi connectivity index (χ0) is 11.4. The molecule has 1 atom stereocenters.